The van der Waals surface area contributed by atoms with Gasteiger partial charge in [0, 0.05) is 24.5 Å². The second-order valence-electron chi connectivity index (χ2n) is 5.81. The first-order chi connectivity index (χ1) is 10.8. The van der Waals surface area contributed by atoms with Gasteiger partial charge in [0.2, 0.25) is 0 Å². The smallest absolute Gasteiger partial charge is 0.143 e. The third-order valence-electron chi connectivity index (χ3n) is 4.28. The van der Waals surface area contributed by atoms with Crippen molar-refractivity contribution in [3.05, 3.63) is 36.7 Å². The average molecular weight is 293 g/mol. The van der Waals surface area contributed by atoms with Crippen LogP contribution in [0.25, 0.3) is 22.3 Å². The van der Waals surface area contributed by atoms with Crippen molar-refractivity contribution in [1.29, 1.82) is 0 Å². The number of hydrogen-bond acceptors (Lipinski definition) is 4. The van der Waals surface area contributed by atoms with Crippen molar-refractivity contribution < 1.29 is 0 Å². The second kappa shape index (κ2) is 5.33. The molecule has 3 N–H and O–H groups in total. The van der Waals surface area contributed by atoms with E-state index in [9.17, 15) is 0 Å². The number of H-pyrrole nitrogens is 1. The molecule has 2 aromatic heterocycles. The third-order valence-corrected chi connectivity index (χ3v) is 4.28. The summed E-state index contributed by atoms with van der Waals surface area (Å²) in [6.07, 6.45) is 5.44. The number of piperidine rings is 1. The van der Waals surface area contributed by atoms with E-state index in [4.69, 9.17) is 5.73 Å². The Morgan fingerprint density at radius 1 is 1.00 bits per heavy atom. The Morgan fingerprint density at radius 3 is 2.55 bits per heavy atom. The lowest BCUT2D eigenvalue weighted by atomic mass is 10.1. The van der Waals surface area contributed by atoms with Gasteiger partial charge in [-0.15, -0.1) is 0 Å². The molecule has 3 heterocycles. The zero-order chi connectivity index (χ0) is 14.9. The van der Waals surface area contributed by atoms with Crippen LogP contribution in [-0.4, -0.2) is 28.0 Å². The number of rotatable bonds is 2. The largest absolute Gasteiger partial charge is 0.399 e. The molecule has 0 spiro atoms. The molecule has 5 heteroatoms. The van der Waals surface area contributed by atoms with Crippen LogP contribution in [0, 0.1) is 0 Å². The molecular formula is C17H19N5. The molecule has 0 amide bonds. The fourth-order valence-corrected chi connectivity index (χ4v) is 3.10. The zero-order valence-corrected chi connectivity index (χ0v) is 12.4. The molecule has 1 aliphatic heterocycles. The summed E-state index contributed by atoms with van der Waals surface area (Å²) in [6, 6.07) is 10.0. The van der Waals surface area contributed by atoms with Crippen LogP contribution in [-0.2, 0) is 0 Å². The van der Waals surface area contributed by atoms with Crippen LogP contribution in [0.1, 0.15) is 19.3 Å². The average Bonchev–Trinajstić information content (AvgIpc) is 3.00. The molecule has 1 aromatic carbocycles. The van der Waals surface area contributed by atoms with E-state index in [0.717, 1.165) is 46.9 Å². The Hall–Kier alpha value is -2.56. The van der Waals surface area contributed by atoms with Gasteiger partial charge in [0.1, 0.15) is 17.8 Å². The van der Waals surface area contributed by atoms with Gasteiger partial charge in [0.25, 0.3) is 0 Å². The van der Waals surface area contributed by atoms with E-state index in [1.54, 1.807) is 6.33 Å². The number of hydrogen-bond donors (Lipinski definition) is 2. The van der Waals surface area contributed by atoms with Gasteiger partial charge in [0.05, 0.1) is 5.39 Å². The number of nitrogens with one attached hydrogen (secondary N) is 1. The molecule has 5 nitrogen and oxygen atoms in total. The van der Waals surface area contributed by atoms with Crippen molar-refractivity contribution in [2.24, 2.45) is 0 Å². The summed E-state index contributed by atoms with van der Waals surface area (Å²) in [6.45, 7) is 2.16. The Morgan fingerprint density at radius 2 is 1.77 bits per heavy atom. The Balaban J connectivity index is 1.78. The van der Waals surface area contributed by atoms with Gasteiger partial charge in [-0.1, -0.05) is 12.1 Å². The predicted molar refractivity (Wildman–Crippen MR) is 89.8 cm³/mol. The number of nitrogens with two attached hydrogens (primary N) is 1. The van der Waals surface area contributed by atoms with Gasteiger partial charge < -0.3 is 15.6 Å². The van der Waals surface area contributed by atoms with Gasteiger partial charge in [-0.25, -0.2) is 9.97 Å². The first-order valence-electron chi connectivity index (χ1n) is 7.76. The number of anilines is 2. The fraction of sp³-hybridized carbons (Fsp3) is 0.294. The number of benzene rings is 1. The molecule has 0 aliphatic carbocycles. The maximum Gasteiger partial charge on any atom is 0.143 e. The molecule has 0 atom stereocenters. The number of aromatic amines is 1. The van der Waals surface area contributed by atoms with Crippen molar-refractivity contribution in [3.63, 3.8) is 0 Å². The summed E-state index contributed by atoms with van der Waals surface area (Å²) in [7, 11) is 0. The topological polar surface area (TPSA) is 70.8 Å². The summed E-state index contributed by atoms with van der Waals surface area (Å²) in [5.74, 6) is 1.04. The van der Waals surface area contributed by atoms with Crippen LogP contribution in [0.4, 0.5) is 11.5 Å². The van der Waals surface area contributed by atoms with Crippen LogP contribution < -0.4 is 10.6 Å². The fourth-order valence-electron chi connectivity index (χ4n) is 3.10. The molecule has 0 unspecified atom stereocenters. The van der Waals surface area contributed by atoms with Crippen LogP contribution in [0.15, 0.2) is 36.7 Å². The van der Waals surface area contributed by atoms with E-state index in [1.165, 1.54) is 19.3 Å². The summed E-state index contributed by atoms with van der Waals surface area (Å²) in [5.41, 5.74) is 9.58. The molecule has 3 aromatic rings. The molecule has 4 rings (SSSR count). The first kappa shape index (κ1) is 13.1. The number of fused-ring (bicyclic) bond motifs is 1. The zero-order valence-electron chi connectivity index (χ0n) is 12.4. The van der Waals surface area contributed by atoms with Gasteiger partial charge >= 0.3 is 0 Å². The normalized spacial score (nSPS) is 15.4. The van der Waals surface area contributed by atoms with Crippen molar-refractivity contribution in [3.8, 4) is 11.3 Å². The molecule has 0 saturated carbocycles. The van der Waals surface area contributed by atoms with Gasteiger partial charge in [0.15, 0.2) is 0 Å². The van der Waals surface area contributed by atoms with Crippen LogP contribution in [0.3, 0.4) is 0 Å². The maximum atomic E-state index is 5.76. The van der Waals surface area contributed by atoms with Crippen molar-refractivity contribution in [2.45, 2.75) is 19.3 Å². The van der Waals surface area contributed by atoms with Gasteiger partial charge in [-0.05, 0) is 43.0 Å². The van der Waals surface area contributed by atoms with Crippen molar-refractivity contribution in [2.75, 3.05) is 23.7 Å². The van der Waals surface area contributed by atoms with Gasteiger partial charge in [-0.3, -0.25) is 0 Å². The van der Waals surface area contributed by atoms with E-state index in [-0.39, 0.29) is 0 Å². The number of nitrogen functional groups attached to an aromatic ring is 1. The summed E-state index contributed by atoms with van der Waals surface area (Å²) < 4.78 is 0. The van der Waals surface area contributed by atoms with Crippen LogP contribution in [0.2, 0.25) is 0 Å². The highest BCUT2D eigenvalue weighted by Gasteiger charge is 2.17. The molecule has 112 valence electrons. The van der Waals surface area contributed by atoms with E-state index < -0.39 is 0 Å². The lowest BCUT2D eigenvalue weighted by molar-refractivity contribution is 0.574. The standard InChI is InChI=1S/C17H19N5/c18-13-6-4-12(5-7-13)15-10-14-16(21-15)19-11-20-17(14)22-8-2-1-3-9-22/h4-7,10-11H,1-3,8-9,18H2,(H,19,20,21). The van der Waals surface area contributed by atoms with Crippen molar-refractivity contribution >= 4 is 22.5 Å². The summed E-state index contributed by atoms with van der Waals surface area (Å²) in [4.78, 5) is 14.7. The highest BCUT2D eigenvalue weighted by atomic mass is 15.2. The second-order valence-corrected chi connectivity index (χ2v) is 5.81. The van der Waals surface area contributed by atoms with Crippen LogP contribution >= 0.6 is 0 Å². The van der Waals surface area contributed by atoms with E-state index in [2.05, 4.69) is 25.9 Å². The highest BCUT2D eigenvalue weighted by molar-refractivity contribution is 5.92. The molecule has 0 radical (unpaired) electrons. The lowest BCUT2D eigenvalue weighted by Crippen LogP contribution is -2.30. The Labute approximate surface area is 129 Å². The van der Waals surface area contributed by atoms with Crippen LogP contribution in [0.5, 0.6) is 0 Å². The number of aromatic nitrogens is 3. The van der Waals surface area contributed by atoms with E-state index in [0.29, 0.717) is 0 Å². The van der Waals surface area contributed by atoms with E-state index in [1.807, 2.05) is 24.3 Å². The van der Waals surface area contributed by atoms with Gasteiger partial charge in [-0.2, -0.15) is 0 Å². The Bertz CT molecular complexity index is 784. The minimum Gasteiger partial charge on any atom is -0.399 e. The number of nitrogens with zero attached hydrogens (tertiary/aromatic N) is 3. The molecular weight excluding hydrogens is 274 g/mol. The summed E-state index contributed by atoms with van der Waals surface area (Å²) in [5, 5.41) is 1.09. The molecule has 1 fully saturated rings. The molecule has 1 aliphatic rings. The minimum absolute atomic E-state index is 0.772. The summed E-state index contributed by atoms with van der Waals surface area (Å²) >= 11 is 0. The van der Waals surface area contributed by atoms with Crippen molar-refractivity contribution in [1.82, 2.24) is 15.0 Å². The highest BCUT2D eigenvalue weighted by Crippen LogP contribution is 2.30. The van der Waals surface area contributed by atoms with E-state index >= 15 is 0 Å². The quantitative estimate of drug-likeness (QED) is 0.712. The molecule has 1 saturated heterocycles. The minimum atomic E-state index is 0.772. The third kappa shape index (κ3) is 2.28. The molecule has 0 bridgehead atoms. The predicted octanol–water partition coefficient (Wildman–Crippen LogP) is 3.20. The monoisotopic (exact) mass is 293 g/mol. The Kier molecular flexibility index (Phi) is 3.18. The maximum absolute atomic E-state index is 5.76. The first-order valence-corrected chi connectivity index (χ1v) is 7.76. The SMILES string of the molecule is Nc1ccc(-c2cc3c(N4CCCCC4)ncnc3[nH]2)cc1. The molecule has 22 heavy (non-hydrogen) atoms. The lowest BCUT2D eigenvalue weighted by Gasteiger charge is -2.27.